The van der Waals surface area contributed by atoms with Crippen LogP contribution in [0.15, 0.2) is 36.7 Å². The molecule has 1 aromatic heterocycles. The van der Waals surface area contributed by atoms with Gasteiger partial charge >= 0.3 is 6.09 Å². The van der Waals surface area contributed by atoms with Crippen LogP contribution in [-0.4, -0.2) is 38.3 Å². The zero-order valence-corrected chi connectivity index (χ0v) is 16.8. The number of nitrogens with zero attached hydrogens (tertiary/aromatic N) is 3. The summed E-state index contributed by atoms with van der Waals surface area (Å²) >= 11 is 0. The van der Waals surface area contributed by atoms with Gasteiger partial charge in [0.2, 0.25) is 0 Å². The van der Waals surface area contributed by atoms with E-state index in [1.807, 2.05) is 27.1 Å². The van der Waals surface area contributed by atoms with Crippen LogP contribution in [0, 0.1) is 0 Å². The Morgan fingerprint density at radius 2 is 2.00 bits per heavy atom. The van der Waals surface area contributed by atoms with Gasteiger partial charge in [-0.15, -0.1) is 0 Å². The third-order valence-corrected chi connectivity index (χ3v) is 3.75. The molecule has 0 unspecified atom stereocenters. The molecule has 0 saturated carbocycles. The van der Waals surface area contributed by atoms with Crippen LogP contribution >= 0.6 is 0 Å². The Morgan fingerprint density at radius 1 is 1.30 bits per heavy atom. The first-order valence-corrected chi connectivity index (χ1v) is 8.94. The summed E-state index contributed by atoms with van der Waals surface area (Å²) < 4.78 is 6.97. The van der Waals surface area contributed by atoms with E-state index >= 15 is 0 Å². The fourth-order valence-corrected chi connectivity index (χ4v) is 2.56. The second-order valence-corrected chi connectivity index (χ2v) is 7.76. The van der Waals surface area contributed by atoms with Gasteiger partial charge in [-0.2, -0.15) is 5.10 Å². The van der Waals surface area contributed by atoms with Crippen molar-refractivity contribution in [2.24, 2.45) is 7.05 Å². The van der Waals surface area contributed by atoms with Gasteiger partial charge in [0, 0.05) is 42.6 Å². The molecular weight excluding hydrogens is 344 g/mol. The summed E-state index contributed by atoms with van der Waals surface area (Å²) in [5, 5.41) is 6.82. The Kier molecular flexibility index (Phi) is 6.25. The van der Waals surface area contributed by atoms with Crippen molar-refractivity contribution in [2.75, 3.05) is 5.32 Å². The number of amides is 2. The molecule has 2 aromatic rings. The Morgan fingerprint density at radius 3 is 2.56 bits per heavy atom. The van der Waals surface area contributed by atoms with Crippen molar-refractivity contribution in [2.45, 2.75) is 52.8 Å². The van der Waals surface area contributed by atoms with E-state index in [1.165, 1.54) is 0 Å². The van der Waals surface area contributed by atoms with Gasteiger partial charge in [0.15, 0.2) is 0 Å². The van der Waals surface area contributed by atoms with Gasteiger partial charge in [0.1, 0.15) is 5.60 Å². The molecule has 2 amide bonds. The zero-order chi connectivity index (χ0) is 20.2. The molecule has 2 rings (SSSR count). The number of benzene rings is 1. The number of ether oxygens (including phenoxy) is 1. The van der Waals surface area contributed by atoms with Crippen molar-refractivity contribution in [1.82, 2.24) is 14.7 Å². The normalized spacial score (nSPS) is 11.4. The summed E-state index contributed by atoms with van der Waals surface area (Å²) in [7, 11) is 1.84. The summed E-state index contributed by atoms with van der Waals surface area (Å²) in [6.45, 7) is 9.80. The number of hydrogen-bond donors (Lipinski definition) is 1. The molecule has 0 aliphatic carbocycles. The van der Waals surface area contributed by atoms with E-state index in [2.05, 4.69) is 10.4 Å². The fourth-order valence-electron chi connectivity index (χ4n) is 2.56. The largest absolute Gasteiger partial charge is 0.444 e. The van der Waals surface area contributed by atoms with Crippen LogP contribution in [-0.2, 0) is 18.3 Å². The van der Waals surface area contributed by atoms with Crippen LogP contribution in [0.25, 0.3) is 0 Å². The smallest absolute Gasteiger partial charge is 0.412 e. The maximum Gasteiger partial charge on any atom is 0.412 e. The van der Waals surface area contributed by atoms with Crippen molar-refractivity contribution in [3.63, 3.8) is 0 Å². The summed E-state index contributed by atoms with van der Waals surface area (Å²) in [6, 6.07) is 6.87. The minimum Gasteiger partial charge on any atom is -0.444 e. The first-order chi connectivity index (χ1) is 12.5. The SMILES string of the molecule is CC(C)N(Cc1cnn(C)c1)C(=O)c1cccc(NC(=O)OC(C)(C)C)c1. The Hall–Kier alpha value is -2.83. The van der Waals surface area contributed by atoms with Gasteiger partial charge in [-0.25, -0.2) is 4.79 Å². The first-order valence-electron chi connectivity index (χ1n) is 8.94. The molecule has 0 aliphatic rings. The molecule has 1 aromatic carbocycles. The van der Waals surface area contributed by atoms with Crippen molar-refractivity contribution < 1.29 is 14.3 Å². The van der Waals surface area contributed by atoms with Gasteiger partial charge in [-0.1, -0.05) is 6.07 Å². The number of aryl methyl sites for hydroxylation is 1. The molecule has 0 bridgehead atoms. The van der Waals surface area contributed by atoms with Crippen LogP contribution in [0.2, 0.25) is 0 Å². The average Bonchev–Trinajstić information content (AvgIpc) is 2.95. The molecule has 0 radical (unpaired) electrons. The van der Waals surface area contributed by atoms with E-state index in [9.17, 15) is 9.59 Å². The van der Waals surface area contributed by atoms with E-state index in [0.29, 0.717) is 17.8 Å². The van der Waals surface area contributed by atoms with E-state index < -0.39 is 11.7 Å². The molecule has 1 heterocycles. The second-order valence-electron chi connectivity index (χ2n) is 7.76. The van der Waals surface area contributed by atoms with E-state index in [0.717, 1.165) is 5.56 Å². The second kappa shape index (κ2) is 8.24. The third kappa shape index (κ3) is 6.13. The number of carbonyl (C=O) groups excluding carboxylic acids is 2. The molecule has 0 aliphatic heterocycles. The van der Waals surface area contributed by atoms with Crippen molar-refractivity contribution in [1.29, 1.82) is 0 Å². The number of nitrogens with one attached hydrogen (secondary N) is 1. The molecule has 27 heavy (non-hydrogen) atoms. The highest BCUT2D eigenvalue weighted by Crippen LogP contribution is 2.17. The van der Waals surface area contributed by atoms with Gasteiger partial charge in [-0.05, 0) is 52.8 Å². The highest BCUT2D eigenvalue weighted by molar-refractivity contribution is 5.96. The van der Waals surface area contributed by atoms with E-state index in [4.69, 9.17) is 4.74 Å². The molecule has 7 heteroatoms. The number of hydrogen-bond acceptors (Lipinski definition) is 4. The number of rotatable bonds is 5. The fraction of sp³-hybridized carbons (Fsp3) is 0.450. The van der Waals surface area contributed by atoms with Gasteiger partial charge in [-0.3, -0.25) is 14.8 Å². The molecule has 1 N–H and O–H groups in total. The molecule has 0 atom stereocenters. The summed E-state index contributed by atoms with van der Waals surface area (Å²) in [6.07, 6.45) is 3.09. The summed E-state index contributed by atoms with van der Waals surface area (Å²) in [5.74, 6) is -0.110. The standard InChI is InChI=1S/C20H28N4O3/c1-14(2)24(13-15-11-21-23(6)12-15)18(25)16-8-7-9-17(10-16)22-19(26)27-20(3,4)5/h7-12,14H,13H2,1-6H3,(H,22,26). The molecule has 146 valence electrons. The number of anilines is 1. The minimum absolute atomic E-state index is 0.0141. The van der Waals surface area contributed by atoms with E-state index in [1.54, 1.807) is 60.8 Å². The summed E-state index contributed by atoms with van der Waals surface area (Å²) in [4.78, 5) is 26.7. The molecule has 0 fully saturated rings. The number of carbonyl (C=O) groups is 2. The average molecular weight is 372 g/mol. The van der Waals surface area contributed by atoms with Crippen LogP contribution in [0.4, 0.5) is 10.5 Å². The summed E-state index contributed by atoms with van der Waals surface area (Å²) in [5.41, 5.74) is 1.39. The predicted molar refractivity (Wildman–Crippen MR) is 105 cm³/mol. The highest BCUT2D eigenvalue weighted by Gasteiger charge is 2.21. The van der Waals surface area contributed by atoms with Gasteiger partial charge < -0.3 is 9.64 Å². The monoisotopic (exact) mass is 372 g/mol. The lowest BCUT2D eigenvalue weighted by atomic mass is 10.1. The lowest BCUT2D eigenvalue weighted by Gasteiger charge is -2.26. The highest BCUT2D eigenvalue weighted by atomic mass is 16.6. The van der Waals surface area contributed by atoms with Crippen LogP contribution in [0.3, 0.4) is 0 Å². The minimum atomic E-state index is -0.588. The lowest BCUT2D eigenvalue weighted by Crippen LogP contribution is -2.36. The Labute approximate surface area is 160 Å². The topological polar surface area (TPSA) is 76.5 Å². The van der Waals surface area contributed by atoms with Crippen molar-refractivity contribution in [3.8, 4) is 0 Å². The zero-order valence-electron chi connectivity index (χ0n) is 16.8. The Bertz CT molecular complexity index is 806. The number of aromatic nitrogens is 2. The molecule has 7 nitrogen and oxygen atoms in total. The maximum absolute atomic E-state index is 13.0. The first kappa shape index (κ1) is 20.5. The molecular formula is C20H28N4O3. The predicted octanol–water partition coefficient (Wildman–Crippen LogP) is 3.82. The van der Waals surface area contributed by atoms with Crippen molar-refractivity contribution >= 4 is 17.7 Å². The van der Waals surface area contributed by atoms with Crippen molar-refractivity contribution in [3.05, 3.63) is 47.8 Å². The molecule has 0 saturated heterocycles. The van der Waals surface area contributed by atoms with Gasteiger partial charge in [0.05, 0.1) is 6.20 Å². The van der Waals surface area contributed by atoms with Crippen LogP contribution in [0.1, 0.15) is 50.5 Å². The maximum atomic E-state index is 13.0. The van der Waals surface area contributed by atoms with Gasteiger partial charge in [0.25, 0.3) is 5.91 Å². The lowest BCUT2D eigenvalue weighted by molar-refractivity contribution is 0.0633. The quantitative estimate of drug-likeness (QED) is 0.866. The third-order valence-electron chi connectivity index (χ3n) is 3.75. The molecule has 0 spiro atoms. The van der Waals surface area contributed by atoms with E-state index in [-0.39, 0.29) is 11.9 Å². The van der Waals surface area contributed by atoms with Crippen LogP contribution < -0.4 is 5.32 Å². The van der Waals surface area contributed by atoms with Crippen LogP contribution in [0.5, 0.6) is 0 Å². The Balaban J connectivity index is 2.15.